The lowest BCUT2D eigenvalue weighted by atomic mass is 9.86. The van der Waals surface area contributed by atoms with Crippen LogP contribution in [0.5, 0.6) is 5.75 Å². The van der Waals surface area contributed by atoms with Gasteiger partial charge in [-0.25, -0.2) is 4.79 Å². The number of fused-ring (bicyclic) bond motifs is 1. The maximum Gasteiger partial charge on any atom is 0.335 e. The Morgan fingerprint density at radius 2 is 1.82 bits per heavy atom. The van der Waals surface area contributed by atoms with Crippen molar-refractivity contribution >= 4 is 5.97 Å². The Morgan fingerprint density at radius 1 is 1.04 bits per heavy atom. The Bertz CT molecular complexity index is 1040. The summed E-state index contributed by atoms with van der Waals surface area (Å²) in [7, 11) is 0. The van der Waals surface area contributed by atoms with Gasteiger partial charge in [-0.3, -0.25) is 0 Å². The van der Waals surface area contributed by atoms with E-state index in [-0.39, 0.29) is 5.60 Å². The van der Waals surface area contributed by atoms with Crippen LogP contribution in [0.15, 0.2) is 66.7 Å². The van der Waals surface area contributed by atoms with E-state index >= 15 is 0 Å². The fourth-order valence-electron chi connectivity index (χ4n) is 3.96. The van der Waals surface area contributed by atoms with E-state index in [9.17, 15) is 9.90 Å². The SMILES string of the molecule is Cc1cccc(C[C@]2(C)CCc3ccc(-c4cccc(C(=O)O)c4)cc3O2)c1. The number of aromatic carboxylic acids is 1. The molecule has 142 valence electrons. The van der Waals surface area contributed by atoms with Crippen LogP contribution >= 0.6 is 0 Å². The Labute approximate surface area is 165 Å². The average Bonchev–Trinajstić information content (AvgIpc) is 2.67. The van der Waals surface area contributed by atoms with E-state index in [4.69, 9.17) is 4.74 Å². The number of aryl methyl sites for hydroxylation is 2. The molecule has 0 fully saturated rings. The van der Waals surface area contributed by atoms with E-state index in [0.29, 0.717) is 5.56 Å². The molecule has 1 N–H and O–H groups in total. The van der Waals surface area contributed by atoms with Crippen molar-refractivity contribution in [3.8, 4) is 16.9 Å². The molecule has 0 aromatic heterocycles. The molecule has 0 saturated carbocycles. The van der Waals surface area contributed by atoms with Crippen LogP contribution in [0.2, 0.25) is 0 Å². The van der Waals surface area contributed by atoms with Crippen molar-refractivity contribution in [2.75, 3.05) is 0 Å². The second kappa shape index (κ2) is 7.16. The van der Waals surface area contributed by atoms with E-state index < -0.39 is 5.97 Å². The fraction of sp³-hybridized carbons (Fsp3) is 0.240. The molecule has 3 aromatic carbocycles. The van der Waals surface area contributed by atoms with Crippen molar-refractivity contribution in [3.63, 3.8) is 0 Å². The van der Waals surface area contributed by atoms with Gasteiger partial charge in [-0.2, -0.15) is 0 Å². The van der Waals surface area contributed by atoms with Gasteiger partial charge in [0, 0.05) is 6.42 Å². The second-order valence-electron chi connectivity index (χ2n) is 7.93. The summed E-state index contributed by atoms with van der Waals surface area (Å²) in [4.78, 5) is 11.3. The third kappa shape index (κ3) is 3.79. The minimum absolute atomic E-state index is 0.248. The summed E-state index contributed by atoms with van der Waals surface area (Å²) in [6.45, 7) is 4.29. The first kappa shape index (κ1) is 18.3. The first-order valence-corrected chi connectivity index (χ1v) is 9.63. The van der Waals surface area contributed by atoms with Crippen LogP contribution in [0.3, 0.4) is 0 Å². The molecule has 28 heavy (non-hydrogen) atoms. The number of carbonyl (C=O) groups is 1. The van der Waals surface area contributed by atoms with E-state index in [0.717, 1.165) is 36.1 Å². The van der Waals surface area contributed by atoms with Gasteiger partial charge in [0.2, 0.25) is 0 Å². The van der Waals surface area contributed by atoms with Gasteiger partial charge in [0.05, 0.1) is 5.56 Å². The number of benzene rings is 3. The Kier molecular flexibility index (Phi) is 4.68. The molecular formula is C25H24O3. The lowest BCUT2D eigenvalue weighted by Gasteiger charge is -2.36. The van der Waals surface area contributed by atoms with Crippen molar-refractivity contribution in [1.29, 1.82) is 0 Å². The normalized spacial score (nSPS) is 18.2. The zero-order valence-corrected chi connectivity index (χ0v) is 16.2. The van der Waals surface area contributed by atoms with Gasteiger partial charge in [0.15, 0.2) is 0 Å². The van der Waals surface area contributed by atoms with E-state index in [1.54, 1.807) is 18.2 Å². The van der Waals surface area contributed by atoms with Gasteiger partial charge in [-0.15, -0.1) is 0 Å². The molecule has 1 atom stereocenters. The average molecular weight is 372 g/mol. The molecule has 3 heteroatoms. The van der Waals surface area contributed by atoms with Crippen molar-refractivity contribution in [1.82, 2.24) is 0 Å². The Balaban J connectivity index is 1.62. The van der Waals surface area contributed by atoms with Crippen LogP contribution in [0.4, 0.5) is 0 Å². The topological polar surface area (TPSA) is 46.5 Å². The summed E-state index contributed by atoms with van der Waals surface area (Å²) in [5.41, 5.74) is 5.66. The van der Waals surface area contributed by atoms with Crippen molar-refractivity contribution in [3.05, 3.63) is 89.0 Å². The summed E-state index contributed by atoms with van der Waals surface area (Å²) in [6.07, 6.45) is 2.82. The van der Waals surface area contributed by atoms with E-state index in [2.05, 4.69) is 44.2 Å². The number of rotatable bonds is 4. The quantitative estimate of drug-likeness (QED) is 0.640. The number of carboxylic acids is 1. The molecule has 1 aliphatic heterocycles. The van der Waals surface area contributed by atoms with Crippen LogP contribution < -0.4 is 4.74 Å². The third-order valence-electron chi connectivity index (χ3n) is 5.45. The smallest absolute Gasteiger partial charge is 0.335 e. The van der Waals surface area contributed by atoms with Crippen LogP contribution in [-0.4, -0.2) is 16.7 Å². The summed E-state index contributed by atoms with van der Waals surface area (Å²) < 4.78 is 6.49. The second-order valence-corrected chi connectivity index (χ2v) is 7.93. The molecule has 1 heterocycles. The predicted octanol–water partition coefficient (Wildman–Crippen LogP) is 5.69. The third-order valence-corrected chi connectivity index (χ3v) is 5.45. The molecule has 0 aliphatic carbocycles. The fourth-order valence-corrected chi connectivity index (χ4v) is 3.96. The van der Waals surface area contributed by atoms with E-state index in [1.165, 1.54) is 16.7 Å². The number of ether oxygens (including phenoxy) is 1. The van der Waals surface area contributed by atoms with Gasteiger partial charge < -0.3 is 9.84 Å². The van der Waals surface area contributed by atoms with Crippen molar-refractivity contribution in [2.45, 2.75) is 38.7 Å². The maximum absolute atomic E-state index is 11.3. The zero-order chi connectivity index (χ0) is 19.7. The molecule has 0 spiro atoms. The highest BCUT2D eigenvalue weighted by atomic mass is 16.5. The number of hydrogen-bond donors (Lipinski definition) is 1. The first-order valence-electron chi connectivity index (χ1n) is 9.63. The molecule has 0 saturated heterocycles. The summed E-state index contributed by atoms with van der Waals surface area (Å²) >= 11 is 0. The van der Waals surface area contributed by atoms with Crippen molar-refractivity contribution < 1.29 is 14.6 Å². The molecule has 0 amide bonds. The minimum Gasteiger partial charge on any atom is -0.487 e. The Morgan fingerprint density at radius 3 is 2.61 bits per heavy atom. The highest BCUT2D eigenvalue weighted by Crippen LogP contribution is 2.38. The summed E-state index contributed by atoms with van der Waals surface area (Å²) in [5, 5.41) is 9.25. The van der Waals surface area contributed by atoms with Gasteiger partial charge in [0.25, 0.3) is 0 Å². The lowest BCUT2D eigenvalue weighted by molar-refractivity contribution is 0.0654. The molecule has 0 radical (unpaired) electrons. The predicted molar refractivity (Wildman–Crippen MR) is 111 cm³/mol. The molecular weight excluding hydrogens is 348 g/mol. The van der Waals surface area contributed by atoms with Gasteiger partial charge >= 0.3 is 5.97 Å². The molecule has 4 rings (SSSR count). The number of hydrogen-bond acceptors (Lipinski definition) is 2. The minimum atomic E-state index is -0.915. The Hall–Kier alpha value is -3.07. The standard InChI is InChI=1S/C25H24O3/c1-17-5-3-6-18(13-17)16-25(2)12-11-19-9-10-21(15-23(19)28-25)20-7-4-8-22(14-20)24(26)27/h3-10,13-15H,11-12,16H2,1-2H3,(H,26,27)/t25-/m0/s1. The molecule has 3 aromatic rings. The highest BCUT2D eigenvalue weighted by molar-refractivity contribution is 5.89. The number of carboxylic acid groups (broad SMARTS) is 1. The molecule has 0 unspecified atom stereocenters. The lowest BCUT2D eigenvalue weighted by Crippen LogP contribution is -2.38. The largest absolute Gasteiger partial charge is 0.487 e. The zero-order valence-electron chi connectivity index (χ0n) is 16.2. The van der Waals surface area contributed by atoms with Crippen LogP contribution in [0.1, 0.15) is 40.4 Å². The van der Waals surface area contributed by atoms with Gasteiger partial charge in [0.1, 0.15) is 11.4 Å². The first-order chi connectivity index (χ1) is 13.4. The summed E-state index contributed by atoms with van der Waals surface area (Å²) in [6, 6.07) is 21.8. The van der Waals surface area contributed by atoms with Crippen molar-refractivity contribution in [2.24, 2.45) is 0 Å². The monoisotopic (exact) mass is 372 g/mol. The highest BCUT2D eigenvalue weighted by Gasteiger charge is 2.32. The van der Waals surface area contributed by atoms with E-state index in [1.807, 2.05) is 18.2 Å². The van der Waals surface area contributed by atoms with Crippen LogP contribution in [-0.2, 0) is 12.8 Å². The molecule has 0 bridgehead atoms. The van der Waals surface area contributed by atoms with Crippen LogP contribution in [0, 0.1) is 6.92 Å². The van der Waals surface area contributed by atoms with Gasteiger partial charge in [-0.1, -0.05) is 54.1 Å². The summed E-state index contributed by atoms with van der Waals surface area (Å²) in [5.74, 6) is -0.0126. The van der Waals surface area contributed by atoms with Crippen LogP contribution in [0.25, 0.3) is 11.1 Å². The van der Waals surface area contributed by atoms with Gasteiger partial charge in [-0.05, 0) is 67.1 Å². The maximum atomic E-state index is 11.3. The molecule has 1 aliphatic rings. The molecule has 3 nitrogen and oxygen atoms in total.